The number of benzene rings is 1. The van der Waals surface area contributed by atoms with Gasteiger partial charge in [0, 0.05) is 11.7 Å². The Hall–Kier alpha value is -2.30. The van der Waals surface area contributed by atoms with Crippen LogP contribution in [0.5, 0.6) is 5.75 Å². The number of carbonyl (C=O) groups is 1. The van der Waals surface area contributed by atoms with Gasteiger partial charge >= 0.3 is 5.97 Å². The van der Waals surface area contributed by atoms with Crippen molar-refractivity contribution in [3.8, 4) is 5.75 Å². The molecule has 5 heteroatoms. The van der Waals surface area contributed by atoms with Gasteiger partial charge in [0.1, 0.15) is 11.3 Å². The summed E-state index contributed by atoms with van der Waals surface area (Å²) in [7, 11) is 0. The molecule has 0 bridgehead atoms. The van der Waals surface area contributed by atoms with E-state index in [4.69, 9.17) is 9.47 Å². The minimum absolute atomic E-state index is 0.0124. The van der Waals surface area contributed by atoms with Crippen molar-refractivity contribution in [1.82, 2.24) is 4.98 Å². The van der Waals surface area contributed by atoms with Gasteiger partial charge in [-0.2, -0.15) is 0 Å². The van der Waals surface area contributed by atoms with Crippen LogP contribution in [0.3, 0.4) is 0 Å². The monoisotopic (exact) mass is 317 g/mol. The third-order valence-corrected chi connectivity index (χ3v) is 3.49. The van der Waals surface area contributed by atoms with Crippen LogP contribution in [-0.4, -0.2) is 24.2 Å². The summed E-state index contributed by atoms with van der Waals surface area (Å²) in [5.74, 6) is 0.553. The van der Waals surface area contributed by atoms with Crippen molar-refractivity contribution < 1.29 is 14.3 Å². The summed E-state index contributed by atoms with van der Waals surface area (Å²) in [4.78, 5) is 27.4. The Kier molecular flexibility index (Phi) is 5.42. The van der Waals surface area contributed by atoms with Gasteiger partial charge in [-0.25, -0.2) is 4.79 Å². The molecule has 5 nitrogen and oxygen atoms in total. The number of aromatic nitrogens is 1. The van der Waals surface area contributed by atoms with Gasteiger partial charge in [-0.1, -0.05) is 13.8 Å². The molecule has 0 spiro atoms. The second kappa shape index (κ2) is 7.31. The van der Waals surface area contributed by atoms with Crippen LogP contribution in [0.4, 0.5) is 0 Å². The lowest BCUT2D eigenvalue weighted by Crippen LogP contribution is -2.18. The van der Waals surface area contributed by atoms with Crippen molar-refractivity contribution in [1.29, 1.82) is 0 Å². The van der Waals surface area contributed by atoms with E-state index in [1.54, 1.807) is 13.0 Å². The molecule has 0 radical (unpaired) electrons. The van der Waals surface area contributed by atoms with Gasteiger partial charge in [0.2, 0.25) is 5.43 Å². The number of aromatic amines is 1. The number of hydrogen-bond acceptors (Lipinski definition) is 4. The van der Waals surface area contributed by atoms with E-state index in [1.807, 2.05) is 13.0 Å². The molecule has 0 atom stereocenters. The first-order valence-corrected chi connectivity index (χ1v) is 7.96. The highest BCUT2D eigenvalue weighted by Crippen LogP contribution is 2.26. The van der Waals surface area contributed by atoms with E-state index in [-0.39, 0.29) is 17.6 Å². The Bertz CT molecular complexity index is 761. The van der Waals surface area contributed by atoms with Crippen LogP contribution in [0.1, 0.15) is 43.6 Å². The third-order valence-electron chi connectivity index (χ3n) is 3.49. The molecule has 2 aromatic rings. The lowest BCUT2D eigenvalue weighted by Gasteiger charge is -2.14. The third kappa shape index (κ3) is 3.73. The highest BCUT2D eigenvalue weighted by molar-refractivity contribution is 5.94. The molecule has 0 saturated carbocycles. The second-order valence-corrected chi connectivity index (χ2v) is 5.79. The van der Waals surface area contributed by atoms with Crippen molar-refractivity contribution in [3.63, 3.8) is 0 Å². The quantitative estimate of drug-likeness (QED) is 0.830. The van der Waals surface area contributed by atoms with Crippen molar-refractivity contribution >= 4 is 16.9 Å². The Labute approximate surface area is 135 Å². The van der Waals surface area contributed by atoms with E-state index in [0.717, 1.165) is 12.0 Å². The summed E-state index contributed by atoms with van der Waals surface area (Å²) in [5.41, 5.74) is 1.42. The molecule has 0 fully saturated rings. The molecule has 2 rings (SSSR count). The topological polar surface area (TPSA) is 68.4 Å². The number of fused-ring (bicyclic) bond motifs is 1. The standard InChI is InChI=1S/C18H23NO4/c1-5-22-16-9-13-15(8-12(16)7-11(3)4)19-10-14(17(13)20)18(21)23-6-2/h8-11H,5-7H2,1-4H3,(H,19,20). The van der Waals surface area contributed by atoms with Gasteiger partial charge in [0.25, 0.3) is 0 Å². The van der Waals surface area contributed by atoms with Crippen molar-refractivity contribution in [3.05, 3.63) is 39.7 Å². The summed E-state index contributed by atoms with van der Waals surface area (Å²) in [6.45, 7) is 8.63. The first-order chi connectivity index (χ1) is 11.0. The molecule has 0 unspecified atom stereocenters. The normalized spacial score (nSPS) is 11.0. The van der Waals surface area contributed by atoms with Crippen molar-refractivity contribution in [2.45, 2.75) is 34.1 Å². The molecule has 1 N–H and O–H groups in total. The fraction of sp³-hybridized carbons (Fsp3) is 0.444. The van der Waals surface area contributed by atoms with Gasteiger partial charge in [0.05, 0.1) is 18.6 Å². The number of carbonyl (C=O) groups excluding carboxylic acids is 1. The molecule has 0 aliphatic rings. The van der Waals surface area contributed by atoms with Crippen LogP contribution in [0.2, 0.25) is 0 Å². The number of nitrogens with one attached hydrogen (secondary N) is 1. The van der Waals surface area contributed by atoms with Crippen molar-refractivity contribution in [2.75, 3.05) is 13.2 Å². The van der Waals surface area contributed by atoms with Gasteiger partial charge in [0.15, 0.2) is 0 Å². The van der Waals surface area contributed by atoms with Crippen LogP contribution in [0.15, 0.2) is 23.1 Å². The smallest absolute Gasteiger partial charge is 0.343 e. The van der Waals surface area contributed by atoms with Crippen molar-refractivity contribution in [2.24, 2.45) is 5.92 Å². The average Bonchev–Trinajstić information content (AvgIpc) is 2.48. The van der Waals surface area contributed by atoms with E-state index in [1.165, 1.54) is 6.20 Å². The Morgan fingerprint density at radius 1 is 1.22 bits per heavy atom. The summed E-state index contributed by atoms with van der Waals surface area (Å²) >= 11 is 0. The fourth-order valence-electron chi connectivity index (χ4n) is 2.54. The first kappa shape index (κ1) is 17.1. The first-order valence-electron chi connectivity index (χ1n) is 7.96. The molecular weight excluding hydrogens is 294 g/mol. The second-order valence-electron chi connectivity index (χ2n) is 5.79. The molecule has 23 heavy (non-hydrogen) atoms. The lowest BCUT2D eigenvalue weighted by molar-refractivity contribution is 0.0524. The largest absolute Gasteiger partial charge is 0.494 e. The minimum atomic E-state index is -0.611. The highest BCUT2D eigenvalue weighted by atomic mass is 16.5. The maximum Gasteiger partial charge on any atom is 0.343 e. The molecule has 1 aromatic heterocycles. The molecule has 1 aromatic carbocycles. The zero-order valence-corrected chi connectivity index (χ0v) is 14.1. The number of rotatable bonds is 6. The lowest BCUT2D eigenvalue weighted by atomic mass is 9.99. The van der Waals surface area contributed by atoms with E-state index in [2.05, 4.69) is 18.8 Å². The van der Waals surface area contributed by atoms with E-state index in [9.17, 15) is 9.59 Å². The van der Waals surface area contributed by atoms with E-state index >= 15 is 0 Å². The summed E-state index contributed by atoms with van der Waals surface area (Å²) in [6, 6.07) is 3.65. The number of pyridine rings is 1. The highest BCUT2D eigenvalue weighted by Gasteiger charge is 2.16. The molecule has 0 amide bonds. The molecule has 124 valence electrons. The van der Waals surface area contributed by atoms with Crippen LogP contribution in [0, 0.1) is 5.92 Å². The molecule has 1 heterocycles. The maximum absolute atomic E-state index is 12.6. The number of H-pyrrole nitrogens is 1. The van der Waals surface area contributed by atoms with Gasteiger partial charge in [-0.3, -0.25) is 4.79 Å². The molecular formula is C18H23NO4. The summed E-state index contributed by atoms with van der Waals surface area (Å²) in [5, 5.41) is 0.437. The van der Waals surface area contributed by atoms with E-state index < -0.39 is 5.97 Å². The molecule has 0 saturated heterocycles. The zero-order valence-electron chi connectivity index (χ0n) is 14.1. The number of ether oxygens (including phenoxy) is 2. The molecule has 0 aliphatic carbocycles. The van der Waals surface area contributed by atoms with Gasteiger partial charge in [-0.05, 0) is 43.9 Å². The number of hydrogen-bond donors (Lipinski definition) is 1. The predicted molar refractivity (Wildman–Crippen MR) is 90.2 cm³/mol. The van der Waals surface area contributed by atoms with Crippen LogP contribution in [-0.2, 0) is 11.2 Å². The van der Waals surface area contributed by atoms with Gasteiger partial charge in [-0.15, -0.1) is 0 Å². The predicted octanol–water partition coefficient (Wildman–Crippen LogP) is 3.30. The van der Waals surface area contributed by atoms with E-state index in [0.29, 0.717) is 29.2 Å². The summed E-state index contributed by atoms with van der Waals surface area (Å²) in [6.07, 6.45) is 2.27. The fourth-order valence-corrected chi connectivity index (χ4v) is 2.54. The Balaban J connectivity index is 2.60. The van der Waals surface area contributed by atoms with Crippen LogP contribution in [0.25, 0.3) is 10.9 Å². The van der Waals surface area contributed by atoms with Crippen LogP contribution >= 0.6 is 0 Å². The zero-order chi connectivity index (χ0) is 17.0. The maximum atomic E-state index is 12.6. The molecule has 0 aliphatic heterocycles. The van der Waals surface area contributed by atoms with Gasteiger partial charge < -0.3 is 14.5 Å². The number of esters is 1. The SMILES string of the molecule is CCOC(=O)c1c[nH]c2cc(CC(C)C)c(OCC)cc2c1=O. The summed E-state index contributed by atoms with van der Waals surface area (Å²) < 4.78 is 10.6. The van der Waals surface area contributed by atoms with Crippen LogP contribution < -0.4 is 10.2 Å². The Morgan fingerprint density at radius 2 is 1.96 bits per heavy atom. The Morgan fingerprint density at radius 3 is 2.57 bits per heavy atom. The minimum Gasteiger partial charge on any atom is -0.494 e. The average molecular weight is 317 g/mol.